The molecule has 0 unspecified atom stereocenters. The van der Waals surface area contributed by atoms with Crippen molar-refractivity contribution in [1.29, 1.82) is 0 Å². The van der Waals surface area contributed by atoms with E-state index in [0.717, 1.165) is 6.42 Å². The Kier molecular flexibility index (Phi) is 6.76. The van der Waals surface area contributed by atoms with Crippen LogP contribution in [0.25, 0.3) is 0 Å². The lowest BCUT2D eigenvalue weighted by atomic mass is 9.93. The van der Waals surface area contributed by atoms with Crippen LogP contribution < -0.4 is 0 Å². The van der Waals surface area contributed by atoms with Crippen LogP contribution in [0.15, 0.2) is 72.8 Å². The van der Waals surface area contributed by atoms with Gasteiger partial charge in [0.05, 0.1) is 6.10 Å². The Balaban J connectivity index is 2.06. The molecule has 2 rings (SSSR count). The highest BCUT2D eigenvalue weighted by molar-refractivity contribution is 5.76. The van der Waals surface area contributed by atoms with Crippen LogP contribution in [-0.2, 0) is 9.53 Å². The summed E-state index contributed by atoms with van der Waals surface area (Å²) in [5, 5.41) is 0. The lowest BCUT2D eigenvalue weighted by Crippen LogP contribution is -2.03. The maximum atomic E-state index is 11.5. The Bertz CT molecular complexity index is 617. The number of methoxy groups -OCH3 is 1. The third-order valence-corrected chi connectivity index (χ3v) is 3.91. The molecule has 0 N–H and O–H groups in total. The standard InChI is InChI=1S/C21H24O2/c1-17(22)16-20(18-10-5-3-6-11-18)14-9-15-21(23-2)19-12-7-4-8-13-19/h3-14,20-21H,15-16H2,1-2H3/b14-9+/t20-,21+/m0/s1. The average Bonchev–Trinajstić information content (AvgIpc) is 2.59. The van der Waals surface area contributed by atoms with Crippen LogP contribution in [0.3, 0.4) is 0 Å². The van der Waals surface area contributed by atoms with Crippen molar-refractivity contribution in [2.45, 2.75) is 31.8 Å². The van der Waals surface area contributed by atoms with Crippen LogP contribution in [0.5, 0.6) is 0 Å². The van der Waals surface area contributed by atoms with Gasteiger partial charge < -0.3 is 4.74 Å². The quantitative estimate of drug-likeness (QED) is 0.635. The zero-order valence-corrected chi connectivity index (χ0v) is 13.8. The van der Waals surface area contributed by atoms with Crippen molar-refractivity contribution in [3.8, 4) is 0 Å². The van der Waals surface area contributed by atoms with Gasteiger partial charge in [-0.25, -0.2) is 0 Å². The number of carbonyl (C=O) groups excluding carboxylic acids is 1. The predicted octanol–water partition coefficient (Wildman–Crippen LogP) is 5.08. The number of allylic oxidation sites excluding steroid dienone is 1. The van der Waals surface area contributed by atoms with Crippen LogP contribution in [0.2, 0.25) is 0 Å². The van der Waals surface area contributed by atoms with Gasteiger partial charge in [-0.15, -0.1) is 0 Å². The summed E-state index contributed by atoms with van der Waals surface area (Å²) in [4.78, 5) is 11.5. The second-order valence-electron chi connectivity index (χ2n) is 5.72. The van der Waals surface area contributed by atoms with E-state index in [9.17, 15) is 4.79 Å². The monoisotopic (exact) mass is 308 g/mol. The summed E-state index contributed by atoms with van der Waals surface area (Å²) >= 11 is 0. The first-order valence-corrected chi connectivity index (χ1v) is 7.99. The second-order valence-corrected chi connectivity index (χ2v) is 5.72. The van der Waals surface area contributed by atoms with Gasteiger partial charge in [-0.05, 0) is 24.5 Å². The van der Waals surface area contributed by atoms with Crippen molar-refractivity contribution in [3.63, 3.8) is 0 Å². The Morgan fingerprint density at radius 1 is 1.00 bits per heavy atom. The van der Waals surface area contributed by atoms with Crippen molar-refractivity contribution in [3.05, 3.63) is 83.9 Å². The Morgan fingerprint density at radius 2 is 1.57 bits per heavy atom. The molecule has 23 heavy (non-hydrogen) atoms. The minimum atomic E-state index is 0.0428. The van der Waals surface area contributed by atoms with Crippen LogP contribution >= 0.6 is 0 Å². The minimum absolute atomic E-state index is 0.0428. The lowest BCUT2D eigenvalue weighted by molar-refractivity contribution is -0.117. The molecular formula is C21H24O2. The summed E-state index contributed by atoms with van der Waals surface area (Å²) in [7, 11) is 1.73. The van der Waals surface area contributed by atoms with E-state index in [1.807, 2.05) is 36.4 Å². The largest absolute Gasteiger partial charge is 0.376 e. The van der Waals surface area contributed by atoms with Gasteiger partial charge in [0.25, 0.3) is 0 Å². The molecule has 2 aromatic carbocycles. The number of rotatable bonds is 8. The van der Waals surface area contributed by atoms with Gasteiger partial charge in [0.15, 0.2) is 0 Å². The summed E-state index contributed by atoms with van der Waals surface area (Å²) in [5.41, 5.74) is 2.34. The van der Waals surface area contributed by atoms with E-state index in [4.69, 9.17) is 4.74 Å². The zero-order valence-electron chi connectivity index (χ0n) is 13.8. The number of hydrogen-bond donors (Lipinski definition) is 0. The van der Waals surface area contributed by atoms with E-state index in [1.54, 1.807) is 14.0 Å². The molecule has 2 atom stereocenters. The van der Waals surface area contributed by atoms with Gasteiger partial charge in [-0.2, -0.15) is 0 Å². The maximum absolute atomic E-state index is 11.5. The van der Waals surface area contributed by atoms with Crippen molar-refractivity contribution in [1.82, 2.24) is 0 Å². The predicted molar refractivity (Wildman–Crippen MR) is 94.4 cm³/mol. The Morgan fingerprint density at radius 3 is 2.09 bits per heavy atom. The van der Waals surface area contributed by atoms with E-state index in [1.165, 1.54) is 11.1 Å². The fourth-order valence-corrected chi connectivity index (χ4v) is 2.71. The molecule has 0 radical (unpaired) electrons. The van der Waals surface area contributed by atoms with E-state index in [2.05, 4.69) is 36.4 Å². The van der Waals surface area contributed by atoms with E-state index in [0.29, 0.717) is 6.42 Å². The molecule has 0 aliphatic carbocycles. The number of benzene rings is 2. The highest BCUT2D eigenvalue weighted by Gasteiger charge is 2.12. The van der Waals surface area contributed by atoms with E-state index >= 15 is 0 Å². The molecule has 2 aromatic rings. The van der Waals surface area contributed by atoms with Gasteiger partial charge in [0.2, 0.25) is 0 Å². The van der Waals surface area contributed by atoms with Gasteiger partial charge in [0, 0.05) is 19.4 Å². The third kappa shape index (κ3) is 5.50. The molecule has 0 amide bonds. The molecule has 0 saturated carbocycles. The fraction of sp³-hybridized carbons (Fsp3) is 0.286. The van der Waals surface area contributed by atoms with E-state index in [-0.39, 0.29) is 17.8 Å². The summed E-state index contributed by atoms with van der Waals surface area (Å²) in [5.74, 6) is 0.330. The van der Waals surface area contributed by atoms with Crippen LogP contribution in [-0.4, -0.2) is 12.9 Å². The second kappa shape index (κ2) is 9.06. The van der Waals surface area contributed by atoms with Crippen molar-refractivity contribution < 1.29 is 9.53 Å². The van der Waals surface area contributed by atoms with Crippen LogP contribution in [0.1, 0.15) is 42.9 Å². The summed E-state index contributed by atoms with van der Waals surface area (Å²) < 4.78 is 5.59. The van der Waals surface area contributed by atoms with E-state index < -0.39 is 0 Å². The molecule has 0 fully saturated rings. The SMILES string of the molecule is CO[C@H](C/C=C/[C@@H](CC(C)=O)c1ccccc1)c1ccccc1. The Labute approximate surface area is 138 Å². The molecule has 0 heterocycles. The highest BCUT2D eigenvalue weighted by atomic mass is 16.5. The molecule has 2 nitrogen and oxygen atoms in total. The average molecular weight is 308 g/mol. The maximum Gasteiger partial charge on any atom is 0.130 e. The first kappa shape index (κ1) is 17.2. The van der Waals surface area contributed by atoms with Crippen LogP contribution in [0, 0.1) is 0 Å². The van der Waals surface area contributed by atoms with Gasteiger partial charge >= 0.3 is 0 Å². The summed E-state index contributed by atoms with van der Waals surface area (Å²) in [6.45, 7) is 1.64. The first-order valence-electron chi connectivity index (χ1n) is 7.99. The molecule has 0 spiro atoms. The Hall–Kier alpha value is -2.19. The lowest BCUT2D eigenvalue weighted by Gasteiger charge is -2.15. The minimum Gasteiger partial charge on any atom is -0.376 e. The number of ketones is 1. The number of Topliss-reactive ketones (excluding diaryl/α,β-unsaturated/α-hetero) is 1. The van der Waals surface area contributed by atoms with Gasteiger partial charge in [-0.3, -0.25) is 4.79 Å². The number of hydrogen-bond acceptors (Lipinski definition) is 2. The van der Waals surface area contributed by atoms with Crippen molar-refractivity contribution >= 4 is 5.78 Å². The summed E-state index contributed by atoms with van der Waals surface area (Å²) in [6.07, 6.45) is 5.62. The van der Waals surface area contributed by atoms with Crippen molar-refractivity contribution in [2.75, 3.05) is 7.11 Å². The first-order chi connectivity index (χ1) is 11.2. The molecule has 0 bridgehead atoms. The number of carbonyl (C=O) groups is 1. The highest BCUT2D eigenvalue weighted by Crippen LogP contribution is 2.24. The van der Waals surface area contributed by atoms with Crippen molar-refractivity contribution in [2.24, 2.45) is 0 Å². The number of ether oxygens (including phenoxy) is 1. The summed E-state index contributed by atoms with van der Waals surface area (Å²) in [6, 6.07) is 20.4. The third-order valence-electron chi connectivity index (χ3n) is 3.91. The molecule has 120 valence electrons. The zero-order chi connectivity index (χ0) is 16.5. The molecule has 0 aliphatic heterocycles. The normalized spacial score (nSPS) is 13.8. The molecule has 0 saturated heterocycles. The topological polar surface area (TPSA) is 26.3 Å². The molecular weight excluding hydrogens is 284 g/mol. The molecule has 0 aliphatic rings. The van der Waals surface area contributed by atoms with Gasteiger partial charge in [0.1, 0.15) is 5.78 Å². The molecule has 2 heteroatoms. The smallest absolute Gasteiger partial charge is 0.130 e. The fourth-order valence-electron chi connectivity index (χ4n) is 2.71. The molecule has 0 aromatic heterocycles. The van der Waals surface area contributed by atoms with Crippen LogP contribution in [0.4, 0.5) is 0 Å². The van der Waals surface area contributed by atoms with Gasteiger partial charge in [-0.1, -0.05) is 72.8 Å².